The van der Waals surface area contributed by atoms with E-state index >= 15 is 0 Å². The number of benzene rings is 1. The number of carbonyl (C=O) groups excluding carboxylic acids is 1. The Bertz CT molecular complexity index is 1540. The van der Waals surface area contributed by atoms with Crippen molar-refractivity contribution in [1.82, 2.24) is 29.6 Å². The van der Waals surface area contributed by atoms with Crippen molar-refractivity contribution in [3.8, 4) is 11.2 Å². The molecule has 1 atom stereocenters. The zero-order valence-electron chi connectivity index (χ0n) is 20.9. The summed E-state index contributed by atoms with van der Waals surface area (Å²) in [5.74, 6) is -0.0959. The van der Waals surface area contributed by atoms with E-state index in [0.717, 1.165) is 0 Å². The van der Waals surface area contributed by atoms with E-state index in [-0.39, 0.29) is 27.9 Å². The van der Waals surface area contributed by atoms with Gasteiger partial charge in [0.15, 0.2) is 5.01 Å². The third-order valence-corrected chi connectivity index (χ3v) is 9.21. The van der Waals surface area contributed by atoms with Crippen LogP contribution in [0.4, 0.5) is 14.5 Å². The van der Waals surface area contributed by atoms with Crippen molar-refractivity contribution in [2.75, 3.05) is 24.5 Å². The molecule has 1 amide bonds. The summed E-state index contributed by atoms with van der Waals surface area (Å²) >= 11 is 0.661. The van der Waals surface area contributed by atoms with Crippen LogP contribution in [-0.4, -0.2) is 70.4 Å². The van der Waals surface area contributed by atoms with Crippen LogP contribution in [0, 0.1) is 17.2 Å². The van der Waals surface area contributed by atoms with Crippen molar-refractivity contribution in [3.63, 3.8) is 0 Å². The topological polar surface area (TPSA) is 137 Å². The van der Waals surface area contributed by atoms with E-state index in [9.17, 15) is 27.3 Å². The van der Waals surface area contributed by atoms with Gasteiger partial charge in [0.05, 0.1) is 22.7 Å². The maximum absolute atomic E-state index is 13.4. The molecule has 2 fully saturated rings. The Balaban J connectivity index is 1.60. The van der Waals surface area contributed by atoms with E-state index in [1.807, 2.05) is 36.6 Å². The smallest absolute Gasteiger partial charge is 0.291 e. The number of alkyl halides is 2. The summed E-state index contributed by atoms with van der Waals surface area (Å²) in [5.41, 5.74) is -0.218. The number of piperazine rings is 1. The normalized spacial score (nSPS) is 19.4. The molecule has 202 valence electrons. The van der Waals surface area contributed by atoms with Crippen molar-refractivity contribution in [1.29, 1.82) is 5.26 Å². The molecule has 5 rings (SSSR count). The molecular formula is C23H26F2N8O3S2. The fraction of sp³-hybridized carbons (Fsp3) is 0.522. The largest absolute Gasteiger partial charge is 0.367 e. The molecule has 0 unspecified atom stereocenters. The lowest BCUT2D eigenvalue weighted by molar-refractivity contribution is -0.136. The Kier molecular flexibility index (Phi) is 6.60. The van der Waals surface area contributed by atoms with E-state index in [1.165, 1.54) is 23.0 Å². The van der Waals surface area contributed by atoms with Gasteiger partial charge in [0.25, 0.3) is 6.43 Å². The molecule has 1 saturated heterocycles. The first kappa shape index (κ1) is 26.4. The third-order valence-electron chi connectivity index (χ3n) is 6.79. The van der Waals surface area contributed by atoms with Gasteiger partial charge in [-0.25, -0.2) is 21.9 Å². The third kappa shape index (κ3) is 4.72. The number of nitrogens with zero attached hydrogens (tertiary/aromatic N) is 7. The van der Waals surface area contributed by atoms with Gasteiger partial charge in [0, 0.05) is 42.7 Å². The van der Waals surface area contributed by atoms with Crippen LogP contribution in [0.1, 0.15) is 45.0 Å². The number of nitriles is 1. The zero-order chi connectivity index (χ0) is 27.4. The van der Waals surface area contributed by atoms with Gasteiger partial charge in [-0.2, -0.15) is 15.1 Å². The number of aromatic nitrogens is 4. The molecule has 1 aromatic carbocycles. The predicted molar refractivity (Wildman–Crippen MR) is 136 cm³/mol. The first-order valence-corrected chi connectivity index (χ1v) is 14.4. The maximum atomic E-state index is 13.4. The highest BCUT2D eigenvalue weighted by molar-refractivity contribution is 7.89. The van der Waals surface area contributed by atoms with Crippen LogP contribution in [0.15, 0.2) is 23.2 Å². The van der Waals surface area contributed by atoms with Crippen molar-refractivity contribution in [2.24, 2.45) is 5.92 Å². The standard InChI is InChI=1S/C23H26F2N8O3S2/c1-13(2)21(34)32-7-6-31(11-14(32)3)17-8-15(38(35,36)30-23(12-26)4-5-23)9-18-16(17)10-27-33(18)22-29-28-20(37-22)19(24)25/h8-10,13-14,19,30H,4-7,11H2,1-3H3/t14-/m1/s1. The minimum atomic E-state index is -4.11. The van der Waals surface area contributed by atoms with Crippen LogP contribution in [0.25, 0.3) is 16.0 Å². The minimum absolute atomic E-state index is 0.0491. The molecule has 15 heteroatoms. The number of sulfonamides is 1. The van der Waals surface area contributed by atoms with Crippen LogP contribution in [0.3, 0.4) is 0 Å². The zero-order valence-corrected chi connectivity index (χ0v) is 22.6. The molecule has 38 heavy (non-hydrogen) atoms. The van der Waals surface area contributed by atoms with E-state index in [4.69, 9.17) is 0 Å². The number of amides is 1. The Morgan fingerprint density at radius 3 is 2.58 bits per heavy atom. The second-order valence-electron chi connectivity index (χ2n) is 9.94. The molecule has 1 saturated carbocycles. The van der Waals surface area contributed by atoms with E-state index in [1.54, 1.807) is 0 Å². The molecule has 0 spiro atoms. The SMILES string of the molecule is CC(C)C(=O)N1CCN(c2cc(S(=O)(=O)NC3(C#N)CC3)cc3c2cnn3-c2nnc(C(F)F)s2)C[C@H]1C. The number of anilines is 1. The van der Waals surface area contributed by atoms with Crippen LogP contribution in [0.5, 0.6) is 0 Å². The van der Waals surface area contributed by atoms with Crippen molar-refractivity contribution >= 4 is 43.9 Å². The van der Waals surface area contributed by atoms with Crippen LogP contribution >= 0.6 is 11.3 Å². The van der Waals surface area contributed by atoms with Crippen LogP contribution in [0.2, 0.25) is 0 Å². The summed E-state index contributed by atoms with van der Waals surface area (Å²) in [6, 6.07) is 4.82. The molecule has 0 radical (unpaired) electrons. The van der Waals surface area contributed by atoms with Gasteiger partial charge >= 0.3 is 0 Å². The van der Waals surface area contributed by atoms with Gasteiger partial charge in [-0.3, -0.25) is 4.79 Å². The average Bonchev–Trinajstić information content (AvgIpc) is 3.26. The second-order valence-corrected chi connectivity index (χ2v) is 12.6. The first-order chi connectivity index (χ1) is 17.9. The van der Waals surface area contributed by atoms with Gasteiger partial charge in [-0.05, 0) is 31.9 Å². The predicted octanol–water partition coefficient (Wildman–Crippen LogP) is 2.84. The lowest BCUT2D eigenvalue weighted by atomic mass is 10.1. The molecule has 2 aliphatic rings. The monoisotopic (exact) mass is 564 g/mol. The van der Waals surface area contributed by atoms with Crippen LogP contribution in [-0.2, 0) is 14.8 Å². The molecule has 1 aliphatic heterocycles. The molecule has 11 nitrogen and oxygen atoms in total. The highest BCUT2D eigenvalue weighted by Crippen LogP contribution is 2.38. The summed E-state index contributed by atoms with van der Waals surface area (Å²) in [6.45, 7) is 6.99. The fourth-order valence-electron chi connectivity index (χ4n) is 4.57. The number of halogens is 2. The lowest BCUT2D eigenvalue weighted by Gasteiger charge is -2.42. The van der Waals surface area contributed by atoms with Gasteiger partial charge < -0.3 is 9.80 Å². The lowest BCUT2D eigenvalue weighted by Crippen LogP contribution is -2.55. The molecule has 1 aliphatic carbocycles. The van der Waals surface area contributed by atoms with Gasteiger partial charge in [0.2, 0.25) is 21.1 Å². The minimum Gasteiger partial charge on any atom is -0.367 e. The average molecular weight is 565 g/mol. The van der Waals surface area contributed by atoms with Gasteiger partial charge in [-0.1, -0.05) is 25.2 Å². The number of hydrogen-bond acceptors (Lipinski definition) is 9. The summed E-state index contributed by atoms with van der Waals surface area (Å²) in [5, 5.41) is 21.3. The molecular weight excluding hydrogens is 538 g/mol. The van der Waals surface area contributed by atoms with E-state index in [0.29, 0.717) is 60.4 Å². The van der Waals surface area contributed by atoms with E-state index < -0.39 is 27.0 Å². The fourth-order valence-corrected chi connectivity index (χ4v) is 6.65. The Morgan fingerprint density at radius 2 is 2.00 bits per heavy atom. The first-order valence-electron chi connectivity index (χ1n) is 12.1. The Morgan fingerprint density at radius 1 is 1.26 bits per heavy atom. The molecule has 2 aromatic heterocycles. The summed E-state index contributed by atoms with van der Waals surface area (Å²) in [6.07, 6.45) is -0.433. The van der Waals surface area contributed by atoms with Crippen molar-refractivity contribution < 1.29 is 22.0 Å². The van der Waals surface area contributed by atoms with E-state index in [2.05, 4.69) is 20.0 Å². The molecule has 3 aromatic rings. The number of fused-ring (bicyclic) bond motifs is 1. The van der Waals surface area contributed by atoms with Gasteiger partial charge in [-0.15, -0.1) is 10.2 Å². The second kappa shape index (κ2) is 9.51. The van der Waals surface area contributed by atoms with Crippen LogP contribution < -0.4 is 9.62 Å². The summed E-state index contributed by atoms with van der Waals surface area (Å²) < 4.78 is 56.9. The number of nitrogens with one attached hydrogen (secondary N) is 1. The number of rotatable bonds is 7. The Labute approximate surface area is 222 Å². The Hall–Kier alpha value is -3.22. The number of carbonyl (C=O) groups is 1. The molecule has 3 heterocycles. The summed E-state index contributed by atoms with van der Waals surface area (Å²) in [4.78, 5) is 16.4. The molecule has 1 N–H and O–H groups in total. The summed E-state index contributed by atoms with van der Waals surface area (Å²) in [7, 11) is -4.11. The maximum Gasteiger partial charge on any atom is 0.291 e. The van der Waals surface area contributed by atoms with Gasteiger partial charge in [0.1, 0.15) is 5.54 Å². The highest BCUT2D eigenvalue weighted by Gasteiger charge is 2.47. The quantitative estimate of drug-likeness (QED) is 0.463. The number of hydrogen-bond donors (Lipinski definition) is 1. The highest BCUT2D eigenvalue weighted by atomic mass is 32.2. The molecule has 0 bridgehead atoms. The van der Waals surface area contributed by atoms with Crippen molar-refractivity contribution in [2.45, 2.75) is 56.5 Å². The van der Waals surface area contributed by atoms with Crippen molar-refractivity contribution in [3.05, 3.63) is 23.3 Å².